The monoisotopic (exact) mass is 662 g/mol. The van der Waals surface area contributed by atoms with Gasteiger partial charge in [0.15, 0.2) is 9.84 Å². The molecule has 0 spiro atoms. The Balaban J connectivity index is 1.59. The minimum absolute atomic E-state index is 0.0720. The Kier molecular flexibility index (Phi) is 11.8. The fraction of sp³-hybridized carbons (Fsp3) is 0.576. The van der Waals surface area contributed by atoms with Crippen LogP contribution in [-0.2, 0) is 35.8 Å². The Morgan fingerprint density at radius 3 is 2.40 bits per heavy atom. The molecule has 0 radical (unpaired) electrons. The Morgan fingerprint density at radius 1 is 1.04 bits per heavy atom. The highest BCUT2D eigenvalue weighted by Gasteiger charge is 2.40. The van der Waals surface area contributed by atoms with Crippen LogP contribution >= 0.6 is 0 Å². The molecule has 248 valence electrons. The standard InChI is InChI=1S/C33H46N2O8S2/c1-23-9-7-8-12-28(23)30-17-25(13-14-29(30)32(36)34-31(33(37)38)15-16-44(3,39)40)19-35-20-27(18-26(35)21-43-2)45(41,42)22-24-10-5-4-6-11-24/h7-9,12-14,17,24,26-27,31H,4-6,10-11,15-16,18-22H2,1-3H3,(H,34,36)(H,37,38)/t26-,27+,31+/m1/s1. The van der Waals surface area contributed by atoms with Crippen molar-refractivity contribution >= 4 is 31.6 Å². The van der Waals surface area contributed by atoms with Crippen LogP contribution < -0.4 is 5.32 Å². The number of ether oxygens (including phenoxy) is 1. The predicted molar refractivity (Wildman–Crippen MR) is 175 cm³/mol. The van der Waals surface area contributed by atoms with Crippen molar-refractivity contribution < 1.29 is 36.3 Å². The topological polar surface area (TPSA) is 147 Å². The summed E-state index contributed by atoms with van der Waals surface area (Å²) in [6, 6.07) is 11.5. The van der Waals surface area contributed by atoms with E-state index in [4.69, 9.17) is 4.74 Å². The fourth-order valence-corrected chi connectivity index (χ4v) is 9.48. The van der Waals surface area contributed by atoms with Crippen molar-refractivity contribution in [3.63, 3.8) is 0 Å². The average molecular weight is 663 g/mol. The number of nitrogens with one attached hydrogen (secondary N) is 1. The number of carboxylic acids is 1. The van der Waals surface area contributed by atoms with Crippen LogP contribution in [0.4, 0.5) is 0 Å². The minimum atomic E-state index is -3.42. The van der Waals surface area contributed by atoms with Gasteiger partial charge in [-0.15, -0.1) is 0 Å². The summed E-state index contributed by atoms with van der Waals surface area (Å²) in [7, 11) is -5.08. The molecule has 45 heavy (non-hydrogen) atoms. The number of rotatable bonds is 14. The number of sulfone groups is 2. The molecule has 2 aromatic rings. The molecule has 3 atom stereocenters. The zero-order valence-corrected chi connectivity index (χ0v) is 28.0. The van der Waals surface area contributed by atoms with Crippen LogP contribution in [0, 0.1) is 12.8 Å². The summed E-state index contributed by atoms with van der Waals surface area (Å²) < 4.78 is 55.8. The maximum atomic E-state index is 13.5. The molecule has 0 unspecified atom stereocenters. The summed E-state index contributed by atoms with van der Waals surface area (Å²) >= 11 is 0. The van der Waals surface area contributed by atoms with E-state index in [9.17, 15) is 31.5 Å². The summed E-state index contributed by atoms with van der Waals surface area (Å²) in [6.07, 6.45) is 6.60. The third kappa shape index (κ3) is 9.60. The lowest BCUT2D eigenvalue weighted by molar-refractivity contribution is -0.139. The molecule has 2 aliphatic rings. The SMILES string of the molecule is COC[C@H]1C[C@H](S(=O)(=O)CC2CCCCC2)CN1Cc1ccc(C(=O)N[C@@H](CCS(C)(=O)=O)C(=O)O)c(-c2ccccc2C)c1. The van der Waals surface area contributed by atoms with Crippen molar-refractivity contribution in [1.82, 2.24) is 10.2 Å². The van der Waals surface area contributed by atoms with Gasteiger partial charge in [0.1, 0.15) is 15.9 Å². The van der Waals surface area contributed by atoms with E-state index in [1.165, 1.54) is 6.42 Å². The molecule has 2 fully saturated rings. The fourth-order valence-electron chi connectivity index (χ4n) is 6.62. The van der Waals surface area contributed by atoms with E-state index in [1.807, 2.05) is 37.3 Å². The molecule has 0 bridgehead atoms. The first kappa shape index (κ1) is 35.1. The lowest BCUT2D eigenvalue weighted by Gasteiger charge is -2.25. The first-order chi connectivity index (χ1) is 21.3. The molecule has 1 aliphatic heterocycles. The molecule has 1 aliphatic carbocycles. The molecule has 10 nitrogen and oxygen atoms in total. The molecular weight excluding hydrogens is 617 g/mol. The number of carbonyl (C=O) groups is 2. The van der Waals surface area contributed by atoms with Gasteiger partial charge in [0.05, 0.1) is 23.4 Å². The molecule has 12 heteroatoms. The maximum absolute atomic E-state index is 13.5. The number of carboxylic acid groups (broad SMARTS) is 1. The number of carbonyl (C=O) groups excluding carboxylic acids is 1. The van der Waals surface area contributed by atoms with Gasteiger partial charge < -0.3 is 15.2 Å². The molecule has 2 N–H and O–H groups in total. The van der Waals surface area contributed by atoms with Crippen molar-refractivity contribution in [3.8, 4) is 11.1 Å². The second-order valence-corrected chi connectivity index (χ2v) is 17.3. The van der Waals surface area contributed by atoms with Gasteiger partial charge >= 0.3 is 5.97 Å². The number of methoxy groups -OCH3 is 1. The number of benzene rings is 2. The summed E-state index contributed by atoms with van der Waals surface area (Å²) in [5.74, 6) is -1.82. The van der Waals surface area contributed by atoms with Gasteiger partial charge in [-0.25, -0.2) is 21.6 Å². The van der Waals surface area contributed by atoms with E-state index in [0.717, 1.165) is 48.6 Å². The van der Waals surface area contributed by atoms with Crippen LogP contribution in [-0.4, -0.2) is 94.1 Å². The lowest BCUT2D eigenvalue weighted by atomic mass is 9.91. The highest BCUT2D eigenvalue weighted by atomic mass is 32.2. The van der Waals surface area contributed by atoms with Crippen LogP contribution in [0.3, 0.4) is 0 Å². The first-order valence-corrected chi connectivity index (χ1v) is 19.4. The van der Waals surface area contributed by atoms with Crippen molar-refractivity contribution in [2.75, 3.05) is 38.0 Å². The first-order valence-electron chi connectivity index (χ1n) is 15.6. The minimum Gasteiger partial charge on any atom is -0.480 e. The van der Waals surface area contributed by atoms with E-state index in [-0.39, 0.29) is 35.4 Å². The number of aliphatic carboxylic acids is 1. The van der Waals surface area contributed by atoms with Gasteiger partial charge in [0.2, 0.25) is 0 Å². The van der Waals surface area contributed by atoms with E-state index in [2.05, 4.69) is 10.2 Å². The average Bonchev–Trinajstić information content (AvgIpc) is 3.38. The van der Waals surface area contributed by atoms with E-state index < -0.39 is 42.8 Å². The Labute approximate surface area is 267 Å². The van der Waals surface area contributed by atoms with Gasteiger partial charge in [-0.05, 0) is 72.9 Å². The number of nitrogens with zero attached hydrogens (tertiary/aromatic N) is 1. The van der Waals surface area contributed by atoms with Gasteiger partial charge in [-0.2, -0.15) is 0 Å². The smallest absolute Gasteiger partial charge is 0.326 e. The zero-order chi connectivity index (χ0) is 32.8. The zero-order valence-electron chi connectivity index (χ0n) is 26.4. The third-order valence-corrected chi connectivity index (χ3v) is 12.3. The lowest BCUT2D eigenvalue weighted by Crippen LogP contribution is -2.42. The predicted octanol–water partition coefficient (Wildman–Crippen LogP) is 3.86. The van der Waals surface area contributed by atoms with Gasteiger partial charge in [0, 0.05) is 38.1 Å². The van der Waals surface area contributed by atoms with E-state index in [1.54, 1.807) is 19.2 Å². The van der Waals surface area contributed by atoms with Gasteiger partial charge in [-0.1, -0.05) is 49.6 Å². The molecule has 4 rings (SSSR count). The van der Waals surface area contributed by atoms with Crippen molar-refractivity contribution in [1.29, 1.82) is 0 Å². The Morgan fingerprint density at radius 2 is 1.76 bits per heavy atom. The van der Waals surface area contributed by atoms with E-state index >= 15 is 0 Å². The highest BCUT2D eigenvalue weighted by molar-refractivity contribution is 7.92. The molecule has 1 amide bonds. The van der Waals surface area contributed by atoms with Crippen LogP contribution in [0.15, 0.2) is 42.5 Å². The third-order valence-electron chi connectivity index (χ3n) is 9.08. The molecule has 1 saturated carbocycles. The van der Waals surface area contributed by atoms with Crippen molar-refractivity contribution in [3.05, 3.63) is 59.2 Å². The molecule has 1 saturated heterocycles. The summed E-state index contributed by atoms with van der Waals surface area (Å²) in [4.78, 5) is 27.5. The molecule has 2 aromatic carbocycles. The number of aryl methyl sites for hydroxylation is 1. The van der Waals surface area contributed by atoms with Crippen molar-refractivity contribution in [2.24, 2.45) is 5.92 Å². The summed E-state index contributed by atoms with van der Waals surface area (Å²) in [6.45, 7) is 3.19. The van der Waals surface area contributed by atoms with E-state index in [0.29, 0.717) is 31.7 Å². The van der Waals surface area contributed by atoms with Crippen molar-refractivity contribution in [2.45, 2.75) is 75.7 Å². The Hall–Kier alpha value is -2.80. The Bertz CT molecular complexity index is 1570. The van der Waals surface area contributed by atoms with Crippen LogP contribution in [0.1, 0.15) is 66.4 Å². The number of hydrogen-bond donors (Lipinski definition) is 2. The van der Waals surface area contributed by atoms with Crippen LogP contribution in [0.25, 0.3) is 11.1 Å². The second-order valence-electron chi connectivity index (χ2n) is 12.7. The molecule has 0 aromatic heterocycles. The normalized spacial score (nSPS) is 20.6. The van der Waals surface area contributed by atoms with Gasteiger partial charge in [-0.3, -0.25) is 9.69 Å². The largest absolute Gasteiger partial charge is 0.480 e. The quantitative estimate of drug-likeness (QED) is 0.308. The number of amides is 1. The second kappa shape index (κ2) is 15.2. The highest BCUT2D eigenvalue weighted by Crippen LogP contribution is 2.33. The summed E-state index contributed by atoms with van der Waals surface area (Å²) in [5, 5.41) is 11.7. The number of likely N-dealkylation sites (tertiary alicyclic amines) is 1. The molecular formula is C33H46N2O8S2. The number of hydrogen-bond acceptors (Lipinski definition) is 8. The molecule has 1 heterocycles. The van der Waals surface area contributed by atoms with Crippen LogP contribution in [0.5, 0.6) is 0 Å². The summed E-state index contributed by atoms with van der Waals surface area (Å²) in [5.41, 5.74) is 3.47. The van der Waals surface area contributed by atoms with Gasteiger partial charge in [0.25, 0.3) is 5.91 Å². The van der Waals surface area contributed by atoms with Crippen LogP contribution in [0.2, 0.25) is 0 Å². The maximum Gasteiger partial charge on any atom is 0.326 e.